The fourth-order valence-electron chi connectivity index (χ4n) is 1.88. The molecule has 2 heterocycles. The molecule has 6 heteroatoms. The summed E-state index contributed by atoms with van der Waals surface area (Å²) in [4.78, 5) is 16.1. The first kappa shape index (κ1) is 12.5. The SMILES string of the molecule is COC1CCNC1C(=O)Nc1cccc(Br)n1. The van der Waals surface area contributed by atoms with Gasteiger partial charge in [0.15, 0.2) is 0 Å². The molecular formula is C11H14BrN3O2. The van der Waals surface area contributed by atoms with Crippen molar-refractivity contribution in [2.24, 2.45) is 0 Å². The zero-order chi connectivity index (χ0) is 12.3. The molecular weight excluding hydrogens is 286 g/mol. The predicted molar refractivity (Wildman–Crippen MR) is 67.8 cm³/mol. The average molecular weight is 300 g/mol. The second-order valence-electron chi connectivity index (χ2n) is 3.83. The Hall–Kier alpha value is -0.980. The molecule has 92 valence electrons. The molecule has 1 aliphatic heterocycles. The molecule has 2 rings (SSSR count). The van der Waals surface area contributed by atoms with Crippen LogP contribution in [0, 0.1) is 0 Å². The number of halogens is 1. The zero-order valence-corrected chi connectivity index (χ0v) is 11.0. The number of carbonyl (C=O) groups excluding carboxylic acids is 1. The van der Waals surface area contributed by atoms with Crippen molar-refractivity contribution in [2.45, 2.75) is 18.6 Å². The Morgan fingerprint density at radius 1 is 1.65 bits per heavy atom. The lowest BCUT2D eigenvalue weighted by molar-refractivity contribution is -0.120. The van der Waals surface area contributed by atoms with Gasteiger partial charge in [-0.25, -0.2) is 4.98 Å². The second-order valence-corrected chi connectivity index (χ2v) is 4.64. The molecule has 1 amide bonds. The van der Waals surface area contributed by atoms with E-state index in [1.165, 1.54) is 0 Å². The van der Waals surface area contributed by atoms with E-state index in [4.69, 9.17) is 4.74 Å². The van der Waals surface area contributed by atoms with E-state index in [-0.39, 0.29) is 18.1 Å². The first-order valence-corrected chi connectivity index (χ1v) is 6.19. The van der Waals surface area contributed by atoms with E-state index in [9.17, 15) is 4.79 Å². The number of pyridine rings is 1. The highest BCUT2D eigenvalue weighted by molar-refractivity contribution is 9.10. The molecule has 0 bridgehead atoms. The molecule has 2 atom stereocenters. The van der Waals surface area contributed by atoms with E-state index >= 15 is 0 Å². The normalized spacial score (nSPS) is 23.6. The van der Waals surface area contributed by atoms with Gasteiger partial charge in [-0.05, 0) is 41.0 Å². The van der Waals surface area contributed by atoms with Crippen molar-refractivity contribution in [3.8, 4) is 0 Å². The summed E-state index contributed by atoms with van der Waals surface area (Å²) in [6, 6.07) is 5.07. The molecule has 5 nitrogen and oxygen atoms in total. The van der Waals surface area contributed by atoms with Crippen LogP contribution in [0.3, 0.4) is 0 Å². The van der Waals surface area contributed by atoms with E-state index in [0.717, 1.165) is 13.0 Å². The standard InChI is InChI=1S/C11H14BrN3O2/c1-17-7-5-6-13-10(7)11(16)15-9-4-2-3-8(12)14-9/h2-4,7,10,13H,5-6H2,1H3,(H,14,15,16). The van der Waals surface area contributed by atoms with Crippen LogP contribution in [-0.4, -0.2) is 36.7 Å². The van der Waals surface area contributed by atoms with E-state index in [1.54, 1.807) is 19.2 Å². The Kier molecular flexibility index (Phi) is 4.09. The lowest BCUT2D eigenvalue weighted by Crippen LogP contribution is -2.43. The molecule has 1 aromatic rings. The number of amides is 1. The first-order chi connectivity index (χ1) is 8.20. The van der Waals surface area contributed by atoms with E-state index in [1.807, 2.05) is 6.07 Å². The van der Waals surface area contributed by atoms with Gasteiger partial charge in [-0.1, -0.05) is 6.07 Å². The first-order valence-electron chi connectivity index (χ1n) is 5.40. The van der Waals surface area contributed by atoms with Gasteiger partial charge in [-0.3, -0.25) is 4.79 Å². The number of hydrogen-bond donors (Lipinski definition) is 2. The molecule has 0 aliphatic carbocycles. The number of rotatable bonds is 3. The third-order valence-corrected chi connectivity index (χ3v) is 3.16. The van der Waals surface area contributed by atoms with Crippen LogP contribution in [-0.2, 0) is 9.53 Å². The molecule has 2 N–H and O–H groups in total. The molecule has 0 saturated carbocycles. The van der Waals surface area contributed by atoms with Gasteiger partial charge in [0.1, 0.15) is 16.5 Å². The number of hydrogen-bond acceptors (Lipinski definition) is 4. The van der Waals surface area contributed by atoms with Gasteiger partial charge in [0, 0.05) is 7.11 Å². The van der Waals surface area contributed by atoms with E-state index in [0.29, 0.717) is 10.4 Å². The summed E-state index contributed by atoms with van der Waals surface area (Å²) < 4.78 is 5.95. The van der Waals surface area contributed by atoms with Gasteiger partial charge in [-0.15, -0.1) is 0 Å². The third kappa shape index (κ3) is 3.02. The predicted octanol–water partition coefficient (Wildman–Crippen LogP) is 1.16. The van der Waals surface area contributed by atoms with Crippen LogP contribution >= 0.6 is 15.9 Å². The largest absolute Gasteiger partial charge is 0.379 e. The fraction of sp³-hybridized carbons (Fsp3) is 0.455. The number of aromatic nitrogens is 1. The number of anilines is 1. The van der Waals surface area contributed by atoms with Crippen molar-refractivity contribution in [1.29, 1.82) is 0 Å². The van der Waals surface area contributed by atoms with Crippen LogP contribution in [0.15, 0.2) is 22.8 Å². The topological polar surface area (TPSA) is 63.2 Å². The Morgan fingerprint density at radius 3 is 3.18 bits per heavy atom. The number of ether oxygens (including phenoxy) is 1. The van der Waals surface area contributed by atoms with Crippen LogP contribution in [0.1, 0.15) is 6.42 Å². The maximum absolute atomic E-state index is 12.0. The average Bonchev–Trinajstić information content (AvgIpc) is 2.77. The van der Waals surface area contributed by atoms with Gasteiger partial charge in [0.2, 0.25) is 5.91 Å². The summed E-state index contributed by atoms with van der Waals surface area (Å²) in [5.74, 6) is 0.424. The number of methoxy groups -OCH3 is 1. The second kappa shape index (κ2) is 5.57. The Labute approximate surface area is 108 Å². The lowest BCUT2D eigenvalue weighted by atomic mass is 10.1. The van der Waals surface area contributed by atoms with E-state index < -0.39 is 0 Å². The maximum Gasteiger partial charge on any atom is 0.245 e. The number of nitrogens with zero attached hydrogens (tertiary/aromatic N) is 1. The molecule has 17 heavy (non-hydrogen) atoms. The molecule has 1 aromatic heterocycles. The minimum Gasteiger partial charge on any atom is -0.379 e. The highest BCUT2D eigenvalue weighted by Crippen LogP contribution is 2.14. The van der Waals surface area contributed by atoms with Crippen molar-refractivity contribution >= 4 is 27.7 Å². The van der Waals surface area contributed by atoms with Crippen molar-refractivity contribution < 1.29 is 9.53 Å². The minimum atomic E-state index is -0.305. The molecule has 1 saturated heterocycles. The van der Waals surface area contributed by atoms with Gasteiger partial charge in [0.05, 0.1) is 6.10 Å². The van der Waals surface area contributed by atoms with Crippen molar-refractivity contribution in [2.75, 3.05) is 19.0 Å². The molecule has 1 fully saturated rings. The molecule has 2 unspecified atom stereocenters. The van der Waals surface area contributed by atoms with Crippen molar-refractivity contribution in [3.63, 3.8) is 0 Å². The van der Waals surface area contributed by atoms with Gasteiger partial charge < -0.3 is 15.4 Å². The zero-order valence-electron chi connectivity index (χ0n) is 9.44. The Bertz CT molecular complexity index is 413. The summed E-state index contributed by atoms with van der Waals surface area (Å²) in [6.45, 7) is 0.794. The third-order valence-electron chi connectivity index (χ3n) is 2.72. The van der Waals surface area contributed by atoms with Crippen molar-refractivity contribution in [3.05, 3.63) is 22.8 Å². The summed E-state index contributed by atoms with van der Waals surface area (Å²) in [6.07, 6.45) is 0.780. The lowest BCUT2D eigenvalue weighted by Gasteiger charge is -2.17. The van der Waals surface area contributed by atoms with E-state index in [2.05, 4.69) is 31.5 Å². The maximum atomic E-state index is 12.0. The highest BCUT2D eigenvalue weighted by atomic mass is 79.9. The monoisotopic (exact) mass is 299 g/mol. The van der Waals surface area contributed by atoms with Crippen LogP contribution in [0.4, 0.5) is 5.82 Å². The van der Waals surface area contributed by atoms with Gasteiger partial charge in [0.25, 0.3) is 0 Å². The number of nitrogens with one attached hydrogen (secondary N) is 2. The molecule has 0 spiro atoms. The van der Waals surface area contributed by atoms with Gasteiger partial charge >= 0.3 is 0 Å². The van der Waals surface area contributed by atoms with Crippen LogP contribution in [0.25, 0.3) is 0 Å². The Morgan fingerprint density at radius 2 is 2.47 bits per heavy atom. The van der Waals surface area contributed by atoms with Gasteiger partial charge in [-0.2, -0.15) is 0 Å². The molecule has 0 aromatic carbocycles. The summed E-state index contributed by atoms with van der Waals surface area (Å²) in [5.41, 5.74) is 0. The summed E-state index contributed by atoms with van der Waals surface area (Å²) in [5, 5.41) is 5.88. The van der Waals surface area contributed by atoms with Crippen molar-refractivity contribution in [1.82, 2.24) is 10.3 Å². The van der Waals surface area contributed by atoms with Crippen LogP contribution in [0.5, 0.6) is 0 Å². The fourth-order valence-corrected chi connectivity index (χ4v) is 2.22. The highest BCUT2D eigenvalue weighted by Gasteiger charge is 2.32. The molecule has 0 radical (unpaired) electrons. The minimum absolute atomic E-state index is 0.0675. The quantitative estimate of drug-likeness (QED) is 0.822. The smallest absolute Gasteiger partial charge is 0.245 e. The van der Waals surface area contributed by atoms with Crippen LogP contribution < -0.4 is 10.6 Å². The molecule has 1 aliphatic rings. The number of carbonyl (C=O) groups is 1. The Balaban J connectivity index is 2.01. The van der Waals surface area contributed by atoms with Crippen LogP contribution in [0.2, 0.25) is 0 Å². The summed E-state index contributed by atoms with van der Waals surface area (Å²) in [7, 11) is 1.62. The summed E-state index contributed by atoms with van der Waals surface area (Å²) >= 11 is 3.26.